The molecule has 3 heterocycles. The Morgan fingerprint density at radius 2 is 1.71 bits per heavy atom. The van der Waals surface area contributed by atoms with Gasteiger partial charge in [0.1, 0.15) is 11.5 Å². The van der Waals surface area contributed by atoms with Crippen molar-refractivity contribution in [1.82, 2.24) is 9.78 Å². The number of ether oxygens (including phenoxy) is 1. The number of nitrogens with zero attached hydrogens (tertiary/aromatic N) is 5. The molecule has 0 spiro atoms. The normalized spacial score (nSPS) is 15.3. The van der Waals surface area contributed by atoms with Crippen LogP contribution >= 0.6 is 11.6 Å². The van der Waals surface area contributed by atoms with Crippen molar-refractivity contribution >= 4 is 46.2 Å². The van der Waals surface area contributed by atoms with Crippen molar-refractivity contribution in [2.45, 2.75) is 13.0 Å². The second kappa shape index (κ2) is 9.83. The summed E-state index contributed by atoms with van der Waals surface area (Å²) in [5.74, 6) is 2.65. The molecular weight excluding hydrogens is 536 g/mol. The topological polar surface area (TPSA) is 87.3 Å². The highest BCUT2D eigenvalue weighted by atomic mass is 35.5. The predicted molar refractivity (Wildman–Crippen MR) is 163 cm³/mol. The summed E-state index contributed by atoms with van der Waals surface area (Å²) in [6, 6.07) is 30.4. The van der Waals surface area contributed by atoms with Crippen LogP contribution in [0.1, 0.15) is 22.9 Å². The number of nitrogens with one attached hydrogen (secondary N) is 1. The van der Waals surface area contributed by atoms with Crippen molar-refractivity contribution in [3.05, 3.63) is 119 Å². The third-order valence-electron chi connectivity index (χ3n) is 7.24. The molecule has 1 aromatic heterocycles. The molecule has 0 saturated carbocycles. The molecule has 0 bridgehead atoms. The smallest absolute Gasteiger partial charge is 0.179 e. The standard InChI is InChI=1S/C32H25ClN6O2/c1-19-28-29(20-9-8-12-23(40)17-20)38-26-14-7-6-13-25(26)35-30(34-21-15-16-27(41-2)24(33)18-21)32(38)36-31(28)39(37-19)22-10-4-3-5-11-22/h3-18,29,40H,1-2H3,(H,34,35)/t29-/m0/s1. The number of rotatable bonds is 4. The molecule has 2 aliphatic heterocycles. The van der Waals surface area contributed by atoms with Gasteiger partial charge >= 0.3 is 0 Å². The molecule has 0 unspecified atom stereocenters. The third-order valence-corrected chi connectivity index (χ3v) is 7.53. The van der Waals surface area contributed by atoms with Crippen LogP contribution in [-0.4, -0.2) is 33.7 Å². The summed E-state index contributed by atoms with van der Waals surface area (Å²) < 4.78 is 7.21. The first-order chi connectivity index (χ1) is 20.0. The minimum atomic E-state index is -0.338. The fourth-order valence-electron chi connectivity index (χ4n) is 5.44. The number of aromatic nitrogens is 2. The highest BCUT2D eigenvalue weighted by molar-refractivity contribution is 6.51. The minimum Gasteiger partial charge on any atom is -0.508 e. The first-order valence-corrected chi connectivity index (χ1v) is 13.5. The van der Waals surface area contributed by atoms with E-state index >= 15 is 0 Å². The maximum absolute atomic E-state index is 10.5. The number of hydrogen-bond donors (Lipinski definition) is 2. The minimum absolute atomic E-state index is 0.186. The van der Waals surface area contributed by atoms with Crippen molar-refractivity contribution in [3.8, 4) is 17.2 Å². The molecule has 5 aromatic rings. The van der Waals surface area contributed by atoms with Crippen LogP contribution in [0.3, 0.4) is 0 Å². The number of para-hydroxylation sites is 3. The van der Waals surface area contributed by atoms with Crippen LogP contribution in [0.15, 0.2) is 107 Å². The molecule has 0 aliphatic carbocycles. The lowest BCUT2D eigenvalue weighted by atomic mass is 9.93. The second-order valence-electron chi connectivity index (χ2n) is 9.80. The van der Waals surface area contributed by atoms with Crippen LogP contribution in [0.4, 0.5) is 22.9 Å². The third kappa shape index (κ3) is 4.20. The highest BCUT2D eigenvalue weighted by Crippen LogP contribution is 2.48. The van der Waals surface area contributed by atoms with E-state index in [-0.39, 0.29) is 11.8 Å². The number of hydrogen-bond acceptors (Lipinski definition) is 7. The van der Waals surface area contributed by atoms with E-state index < -0.39 is 0 Å². The average Bonchev–Trinajstić information content (AvgIpc) is 3.32. The van der Waals surface area contributed by atoms with Gasteiger partial charge in [0.2, 0.25) is 0 Å². The zero-order chi connectivity index (χ0) is 28.1. The summed E-state index contributed by atoms with van der Waals surface area (Å²) in [6.45, 7) is 2.00. The highest BCUT2D eigenvalue weighted by Gasteiger charge is 2.41. The molecule has 0 amide bonds. The van der Waals surface area contributed by atoms with Gasteiger partial charge in [-0.1, -0.05) is 54.1 Å². The Labute approximate surface area is 241 Å². The first kappa shape index (κ1) is 24.9. The maximum atomic E-state index is 10.5. The lowest BCUT2D eigenvalue weighted by Gasteiger charge is -2.40. The lowest BCUT2D eigenvalue weighted by Crippen LogP contribution is -2.46. The Kier molecular flexibility index (Phi) is 5.98. The summed E-state index contributed by atoms with van der Waals surface area (Å²) in [4.78, 5) is 12.4. The van der Waals surface area contributed by atoms with E-state index in [1.54, 1.807) is 25.3 Å². The number of halogens is 1. The Morgan fingerprint density at radius 1 is 0.902 bits per heavy atom. The number of fused-ring (bicyclic) bond motifs is 4. The summed E-state index contributed by atoms with van der Waals surface area (Å²) in [5, 5.41) is 19.4. The van der Waals surface area contributed by atoms with E-state index in [0.29, 0.717) is 28.3 Å². The van der Waals surface area contributed by atoms with E-state index in [0.717, 1.165) is 39.6 Å². The van der Waals surface area contributed by atoms with Crippen molar-refractivity contribution in [3.63, 3.8) is 0 Å². The molecule has 7 rings (SSSR count). The van der Waals surface area contributed by atoms with E-state index in [1.807, 2.05) is 90.5 Å². The molecule has 9 heteroatoms. The van der Waals surface area contributed by atoms with E-state index in [1.165, 1.54) is 0 Å². The molecule has 2 aliphatic rings. The Hall–Kier alpha value is -5.08. The molecular formula is C32H25ClN6O2. The number of phenols is 1. The van der Waals surface area contributed by atoms with Crippen molar-refractivity contribution < 1.29 is 9.84 Å². The number of amidine groups is 2. The molecule has 41 heavy (non-hydrogen) atoms. The fourth-order valence-corrected chi connectivity index (χ4v) is 5.70. The summed E-state index contributed by atoms with van der Waals surface area (Å²) in [6.07, 6.45) is 0. The maximum Gasteiger partial charge on any atom is 0.179 e. The molecule has 202 valence electrons. The first-order valence-electron chi connectivity index (χ1n) is 13.1. The lowest BCUT2D eigenvalue weighted by molar-refractivity contribution is 0.415. The van der Waals surface area contributed by atoms with Gasteiger partial charge in [0, 0.05) is 11.3 Å². The number of aryl methyl sites for hydroxylation is 1. The van der Waals surface area contributed by atoms with Crippen LogP contribution in [-0.2, 0) is 0 Å². The van der Waals surface area contributed by atoms with Gasteiger partial charge in [-0.15, -0.1) is 0 Å². The second-order valence-corrected chi connectivity index (χ2v) is 10.2. The number of aromatic hydroxyl groups is 1. The van der Waals surface area contributed by atoms with E-state index in [4.69, 9.17) is 31.4 Å². The Morgan fingerprint density at radius 3 is 2.49 bits per heavy atom. The van der Waals surface area contributed by atoms with Gasteiger partial charge in [-0.05, 0) is 67.1 Å². The summed E-state index contributed by atoms with van der Waals surface area (Å²) in [5.41, 5.74) is 6.02. The molecule has 1 atom stereocenters. The van der Waals surface area contributed by atoms with Crippen LogP contribution in [0.2, 0.25) is 5.02 Å². The Bertz CT molecular complexity index is 1860. The Balaban J connectivity index is 1.48. The molecule has 0 fully saturated rings. The van der Waals surface area contributed by atoms with Crippen molar-refractivity contribution in [2.75, 3.05) is 17.3 Å². The van der Waals surface area contributed by atoms with Gasteiger partial charge in [0.25, 0.3) is 0 Å². The fraction of sp³-hybridized carbons (Fsp3) is 0.0938. The number of anilines is 2. The number of methoxy groups -OCH3 is 1. The van der Waals surface area contributed by atoms with Gasteiger partial charge in [-0.2, -0.15) is 5.10 Å². The van der Waals surface area contributed by atoms with Crippen molar-refractivity contribution in [2.24, 2.45) is 9.98 Å². The number of aliphatic imine (C=N–C) groups is 2. The average molecular weight is 561 g/mol. The van der Waals surface area contributed by atoms with Crippen LogP contribution in [0.5, 0.6) is 11.5 Å². The van der Waals surface area contributed by atoms with E-state index in [2.05, 4.69) is 10.2 Å². The molecule has 0 saturated heterocycles. The quantitative estimate of drug-likeness (QED) is 0.240. The van der Waals surface area contributed by atoms with Gasteiger partial charge in [-0.25, -0.2) is 14.7 Å². The predicted octanol–water partition coefficient (Wildman–Crippen LogP) is 7.34. The number of benzene rings is 4. The van der Waals surface area contributed by atoms with Crippen LogP contribution in [0, 0.1) is 6.92 Å². The largest absolute Gasteiger partial charge is 0.508 e. The van der Waals surface area contributed by atoms with Crippen LogP contribution in [0.25, 0.3) is 5.69 Å². The monoisotopic (exact) mass is 560 g/mol. The molecule has 0 radical (unpaired) electrons. The summed E-state index contributed by atoms with van der Waals surface area (Å²) >= 11 is 6.46. The summed E-state index contributed by atoms with van der Waals surface area (Å²) in [7, 11) is 1.59. The van der Waals surface area contributed by atoms with E-state index in [9.17, 15) is 5.11 Å². The zero-order valence-corrected chi connectivity index (χ0v) is 23.0. The van der Waals surface area contributed by atoms with Gasteiger partial charge in [0.05, 0.1) is 40.9 Å². The van der Waals surface area contributed by atoms with Gasteiger partial charge in [-0.3, -0.25) is 0 Å². The molecule has 2 N–H and O–H groups in total. The molecule has 4 aromatic carbocycles. The van der Waals surface area contributed by atoms with Gasteiger partial charge < -0.3 is 20.1 Å². The van der Waals surface area contributed by atoms with Crippen molar-refractivity contribution in [1.29, 1.82) is 0 Å². The number of phenolic OH excluding ortho intramolecular Hbond substituents is 1. The van der Waals surface area contributed by atoms with Crippen LogP contribution < -0.4 is 15.0 Å². The molecule has 8 nitrogen and oxygen atoms in total. The van der Waals surface area contributed by atoms with Gasteiger partial charge in [0.15, 0.2) is 17.5 Å². The SMILES string of the molecule is COc1ccc(NC2=Nc3ccccc3N3C2=Nc2c(c(C)nn2-c2ccccc2)[C@@H]3c2cccc(O)c2)cc1Cl. The zero-order valence-electron chi connectivity index (χ0n) is 22.3.